The van der Waals surface area contributed by atoms with Gasteiger partial charge in [-0.25, -0.2) is 43.5 Å². The maximum atomic E-state index is 12.9. The molecule has 3 fully saturated rings. The number of aromatic nitrogens is 12. The molecule has 3 saturated carbocycles. The van der Waals surface area contributed by atoms with E-state index in [1.807, 2.05) is 30.3 Å². The number of rotatable bonds is 14. The van der Waals surface area contributed by atoms with Crippen LogP contribution < -0.4 is 30.6 Å². The Morgan fingerprint density at radius 3 is 1.28 bits per heavy atom. The Balaban J connectivity index is 0.000000145. The van der Waals surface area contributed by atoms with Crippen molar-refractivity contribution in [3.63, 3.8) is 0 Å². The summed E-state index contributed by atoms with van der Waals surface area (Å²) in [6, 6.07) is 16.9. The Bertz CT molecular complexity index is 4710. The Kier molecular flexibility index (Phi) is 23.9. The zero-order valence-electron chi connectivity index (χ0n) is 52.7. The van der Waals surface area contributed by atoms with Crippen LogP contribution in [0.15, 0.2) is 115 Å². The van der Waals surface area contributed by atoms with Crippen molar-refractivity contribution in [2.75, 3.05) is 45.2 Å². The molecule has 9 aromatic heterocycles. The number of aldehydes is 1. The summed E-state index contributed by atoms with van der Waals surface area (Å²) in [6.45, 7) is 0.603. The number of aliphatic hydroxyl groups excluding tert-OH is 2. The van der Waals surface area contributed by atoms with Gasteiger partial charge in [0.1, 0.15) is 40.2 Å². The molecule has 12 aromatic rings. The quantitative estimate of drug-likeness (QED) is 0.0435. The van der Waals surface area contributed by atoms with Gasteiger partial charge in [-0.3, -0.25) is 14.4 Å². The Hall–Kier alpha value is -9.07. The molecule has 1 radical (unpaired) electrons. The third-order valence-corrected chi connectivity index (χ3v) is 21.6. The number of anilines is 2. The number of carbonyl (C=O) groups excluding carboxylic acids is 4. The molecule has 3 amide bonds. The molecule has 0 aliphatic heterocycles. The summed E-state index contributed by atoms with van der Waals surface area (Å²) in [5, 5.41) is 45.4. The molecule has 3 aliphatic rings. The molecule has 3 aromatic carbocycles. The van der Waals surface area contributed by atoms with E-state index >= 15 is 0 Å². The fraction of sp³-hybridized carbons (Fsp3) is 0.358. The molecule has 3 aliphatic carbocycles. The molecule has 7 N–H and O–H groups in total. The average molecular weight is 1430 g/mol. The summed E-state index contributed by atoms with van der Waals surface area (Å²) in [4.78, 5) is 74.6. The van der Waals surface area contributed by atoms with Gasteiger partial charge in [-0.15, -0.1) is 34.0 Å². The number of benzene rings is 3. The van der Waals surface area contributed by atoms with Gasteiger partial charge < -0.3 is 45.6 Å². The van der Waals surface area contributed by atoms with Gasteiger partial charge in [0.15, 0.2) is 16.9 Å². The first-order valence-electron chi connectivity index (χ1n) is 31.2. The number of halogens is 1. The number of fused-ring (bicyclic) bond motifs is 6. The summed E-state index contributed by atoms with van der Waals surface area (Å²) in [6.07, 6.45) is 28.0. The normalized spacial score (nSPS) is 18.2. The average Bonchev–Trinajstić information content (AvgIpc) is 1.69. The first kappa shape index (κ1) is 70.7. The van der Waals surface area contributed by atoms with E-state index in [1.54, 1.807) is 120 Å². The standard InChI is InChI=1S/C22H23N5O3S.C22H21N5O3S.C15H18BrNO2S.C7H6N4O.CH4.BHN/c2*1-30-18-9-17-19(31-22(26-17)14-5-3-13(12-28)4-6-14)10-16(18)25-21(29)15-11-24-27-8-2-7-23-20(15)27;1-19-13-7-12-14(6-11(13)16)20-15(17-12)10-4-2-9(8-18)3-5-10;8-6(12)5-4-10-11-3-1-2-9-7(5)11;;1-2/h2,7-11,13-14,28H,3-6,12H2,1H3,(H,25,29);2,7-14H,3-6H2,1H3,(H,25,29);6-7,9-10,18H,2-5,8H2,1H3;1-4H,(H2,8,12);1H4;2H. The number of primary amides is 1. The molecular weight excluding hydrogens is 1360 g/mol. The molecule has 9 heterocycles. The van der Waals surface area contributed by atoms with Gasteiger partial charge >= 0.3 is 13.0 Å². The maximum absolute atomic E-state index is 12.9. The molecular formula is C67H73BBrN16O9S3. The Morgan fingerprint density at radius 1 is 0.567 bits per heavy atom. The van der Waals surface area contributed by atoms with Crippen molar-refractivity contribution >= 4 is 141 Å². The zero-order valence-corrected chi connectivity index (χ0v) is 56.7. The monoisotopic (exact) mass is 1430 g/mol. The van der Waals surface area contributed by atoms with Gasteiger partial charge in [0.25, 0.3) is 17.7 Å². The van der Waals surface area contributed by atoms with Gasteiger partial charge in [0, 0.05) is 92.3 Å². The number of nitrogens with two attached hydrogens (primary N) is 1. The molecule has 0 atom stereocenters. The van der Waals surface area contributed by atoms with Gasteiger partial charge in [-0.05, 0) is 141 Å². The van der Waals surface area contributed by atoms with Crippen LogP contribution in [-0.2, 0) is 4.79 Å². The van der Waals surface area contributed by atoms with Gasteiger partial charge in [0.05, 0.1) is 101 Å². The fourth-order valence-corrected chi connectivity index (χ4v) is 16.3. The van der Waals surface area contributed by atoms with E-state index in [0.29, 0.717) is 92.7 Å². The number of carbonyl (C=O) groups is 4. The van der Waals surface area contributed by atoms with Crippen molar-refractivity contribution in [3.8, 4) is 17.2 Å². The van der Waals surface area contributed by atoms with Crippen LogP contribution in [0.5, 0.6) is 17.2 Å². The molecule has 0 bridgehead atoms. The Labute approximate surface area is 579 Å². The molecule has 97 heavy (non-hydrogen) atoms. The van der Waals surface area contributed by atoms with Crippen LogP contribution in [0, 0.1) is 23.1 Å². The summed E-state index contributed by atoms with van der Waals surface area (Å²) in [5.41, 5.74) is 11.6. The van der Waals surface area contributed by atoms with Crippen LogP contribution in [0.1, 0.15) is 148 Å². The van der Waals surface area contributed by atoms with Crippen molar-refractivity contribution in [3.05, 3.63) is 147 Å². The number of aliphatic hydroxyl groups is 2. The van der Waals surface area contributed by atoms with Crippen LogP contribution in [-0.4, -0.2) is 135 Å². The van der Waals surface area contributed by atoms with Crippen LogP contribution in [0.2, 0.25) is 0 Å². The molecule has 503 valence electrons. The molecule has 15 rings (SSSR count). The van der Waals surface area contributed by atoms with Gasteiger partial charge in [-0.1, -0.05) is 7.43 Å². The van der Waals surface area contributed by atoms with Crippen LogP contribution >= 0.6 is 49.9 Å². The second-order valence-electron chi connectivity index (χ2n) is 23.3. The third-order valence-electron chi connectivity index (χ3n) is 17.4. The number of hydrogen-bond donors (Lipinski definition) is 6. The topological polar surface area (TPSA) is 340 Å². The number of methoxy groups -OCH3 is 3. The van der Waals surface area contributed by atoms with Crippen molar-refractivity contribution < 1.29 is 43.6 Å². The number of amides is 3. The van der Waals surface area contributed by atoms with E-state index < -0.39 is 5.91 Å². The van der Waals surface area contributed by atoms with E-state index in [0.717, 1.165) is 130 Å². The molecule has 25 nitrogen and oxygen atoms in total. The molecule has 30 heteroatoms. The summed E-state index contributed by atoms with van der Waals surface area (Å²) >= 11 is 8.61. The number of nitrogens with zero attached hydrogens (tertiary/aromatic N) is 12. The van der Waals surface area contributed by atoms with Crippen molar-refractivity contribution in [1.82, 2.24) is 58.7 Å². The van der Waals surface area contributed by atoms with Crippen LogP contribution in [0.25, 0.3) is 47.6 Å². The minimum absolute atomic E-state index is 0. The second kappa shape index (κ2) is 32.8. The molecule has 0 saturated heterocycles. The zero-order chi connectivity index (χ0) is 67.4. The van der Waals surface area contributed by atoms with E-state index in [-0.39, 0.29) is 31.8 Å². The van der Waals surface area contributed by atoms with E-state index in [9.17, 15) is 29.4 Å². The first-order valence-corrected chi connectivity index (χ1v) is 34.4. The predicted octanol–water partition coefficient (Wildman–Crippen LogP) is 12.7. The van der Waals surface area contributed by atoms with Gasteiger partial charge in [-0.2, -0.15) is 15.3 Å². The molecule has 0 unspecified atom stereocenters. The Morgan fingerprint density at radius 2 is 0.918 bits per heavy atom. The minimum atomic E-state index is -0.510. The summed E-state index contributed by atoms with van der Waals surface area (Å²) < 4.78 is 25.2. The second-order valence-corrected chi connectivity index (χ2v) is 27.4. The number of ether oxygens (including phenoxy) is 3. The summed E-state index contributed by atoms with van der Waals surface area (Å²) in [5.74, 6) is 3.29. The SMILES string of the molecule is C.COc1cc2nc(C3CCC(C=O)CC3)sc2cc1NC(=O)c1cnn2cccnc12.COc1cc2nc(C3CCC(CO)CC3)sc2cc1Br.COc1cc2nc(C3CCC(CO)CC3)sc2cc1NC(=O)c1cnn2cccnc12.NC(=O)c1cnn2cccnc12.[B]=N. The van der Waals surface area contributed by atoms with E-state index in [4.69, 9.17) is 40.2 Å². The fourth-order valence-electron chi connectivity index (χ4n) is 12.1. The van der Waals surface area contributed by atoms with E-state index in [1.165, 1.54) is 32.8 Å². The van der Waals surface area contributed by atoms with Crippen LogP contribution in [0.3, 0.4) is 0 Å². The van der Waals surface area contributed by atoms with Crippen molar-refractivity contribution in [2.45, 2.75) is 102 Å². The summed E-state index contributed by atoms with van der Waals surface area (Å²) in [7, 11) is 8.58. The number of thiazole rings is 3. The first-order chi connectivity index (χ1) is 46.8. The van der Waals surface area contributed by atoms with E-state index in [2.05, 4.69) is 70.5 Å². The number of hydrogen-bond acceptors (Lipinski definition) is 22. The van der Waals surface area contributed by atoms with Crippen molar-refractivity contribution in [2.24, 2.45) is 23.5 Å². The van der Waals surface area contributed by atoms with Crippen LogP contribution in [0.4, 0.5) is 11.4 Å². The molecule has 0 spiro atoms. The van der Waals surface area contributed by atoms with Crippen molar-refractivity contribution in [1.29, 1.82) is 5.31 Å². The van der Waals surface area contributed by atoms with Gasteiger partial charge in [0.2, 0.25) is 0 Å². The number of nitrogens with one attached hydrogen (secondary N) is 3. The predicted molar refractivity (Wildman–Crippen MR) is 379 cm³/mol. The third kappa shape index (κ3) is 16.2.